The Labute approximate surface area is 407 Å². The minimum Gasteiger partial charge on any atom is -0.0996 e. The lowest BCUT2D eigenvalue weighted by Crippen LogP contribution is -2.18. The smallest absolute Gasteiger partial charge is 0.0158 e. The van der Waals surface area contributed by atoms with Crippen molar-refractivity contribution < 1.29 is 0 Å². The SMILES string of the molecule is C=C(C)C1(C)CC=CCC1.C=C(C)c1cccc(C)c1.C=C(C)c1cccc(C)c1-c1ccccc1C.CC.CC1(C)c2ccccc2-c2c(Cc3ccc(C4=CCCC=C4)cc3)cccc21. The van der Waals surface area contributed by atoms with E-state index in [1.807, 2.05) is 20.8 Å². The molecule has 0 aromatic heterocycles. The van der Waals surface area contributed by atoms with Crippen LogP contribution in [0.2, 0.25) is 0 Å². The number of hydrogen-bond donors (Lipinski definition) is 0. The summed E-state index contributed by atoms with van der Waals surface area (Å²) in [6.07, 6.45) is 18.4. The first-order chi connectivity index (χ1) is 32.1. The van der Waals surface area contributed by atoms with Crippen LogP contribution in [0.3, 0.4) is 0 Å². The second-order valence-corrected chi connectivity index (χ2v) is 19.3. The average Bonchev–Trinajstić information content (AvgIpc) is 3.57. The molecule has 0 aliphatic heterocycles. The van der Waals surface area contributed by atoms with E-state index in [9.17, 15) is 0 Å². The van der Waals surface area contributed by atoms with E-state index in [4.69, 9.17) is 0 Å². The van der Waals surface area contributed by atoms with Gasteiger partial charge in [0.2, 0.25) is 0 Å². The number of rotatable bonds is 7. The van der Waals surface area contributed by atoms with Crippen molar-refractivity contribution in [3.8, 4) is 22.3 Å². The van der Waals surface area contributed by atoms with E-state index in [1.165, 1.54) is 115 Å². The van der Waals surface area contributed by atoms with Gasteiger partial charge in [0.15, 0.2) is 0 Å². The highest BCUT2D eigenvalue weighted by atomic mass is 14.4. The molecule has 0 saturated carbocycles. The predicted molar refractivity (Wildman–Crippen MR) is 299 cm³/mol. The molecule has 0 radical (unpaired) electrons. The van der Waals surface area contributed by atoms with E-state index in [-0.39, 0.29) is 5.41 Å². The van der Waals surface area contributed by atoms with E-state index in [1.54, 1.807) is 0 Å². The number of benzene rings is 6. The molecule has 0 saturated heterocycles. The molecule has 3 aliphatic carbocycles. The van der Waals surface area contributed by atoms with Crippen molar-refractivity contribution in [2.24, 2.45) is 5.41 Å². The van der Waals surface area contributed by atoms with Crippen molar-refractivity contribution in [1.29, 1.82) is 0 Å². The normalized spacial score (nSPS) is 15.8. The first-order valence-electron chi connectivity index (χ1n) is 24.6. The van der Waals surface area contributed by atoms with Crippen LogP contribution < -0.4 is 0 Å². The summed E-state index contributed by atoms with van der Waals surface area (Å²) in [6.45, 7) is 35.6. The van der Waals surface area contributed by atoms with Gasteiger partial charge in [-0.3, -0.25) is 0 Å². The van der Waals surface area contributed by atoms with Crippen LogP contribution in [0.1, 0.15) is 143 Å². The van der Waals surface area contributed by atoms with Gasteiger partial charge in [-0.15, -0.1) is 0 Å². The lowest BCUT2D eigenvalue weighted by molar-refractivity contribution is 0.361. The fourth-order valence-corrected chi connectivity index (χ4v) is 9.34. The van der Waals surface area contributed by atoms with Gasteiger partial charge < -0.3 is 0 Å². The average molecular weight is 883 g/mol. The van der Waals surface area contributed by atoms with Gasteiger partial charge in [-0.2, -0.15) is 0 Å². The number of allylic oxidation sites excluding steroid dienone is 9. The Balaban J connectivity index is 0.000000183. The van der Waals surface area contributed by atoms with Crippen molar-refractivity contribution >= 4 is 16.7 Å². The van der Waals surface area contributed by atoms with Gasteiger partial charge in [-0.1, -0.05) is 240 Å². The van der Waals surface area contributed by atoms with E-state index >= 15 is 0 Å². The molecule has 3 aliphatic rings. The van der Waals surface area contributed by atoms with Crippen LogP contribution in [0.25, 0.3) is 39.0 Å². The summed E-state index contributed by atoms with van der Waals surface area (Å²) in [6, 6.07) is 48.2. The standard InChI is InChI=1S/C28H26.C17H18.C10H12.C10H16.C2H6/c1-28(2)25-13-7-6-12-24(25)27-23(11-8-14-26(27)28)19-20-15-17-22(18-16-20)21-9-4-3-5-10-21;1-12(2)15-11-7-9-14(4)17(15)16-10-6-5-8-13(16)3;1-8(2)10-6-4-5-9(3)7-10;1-9(2)10(3)7-5-4-6-8-10;1-2/h4,6-18H,3,5,19H2,1-2H3;5-11H,1H2,2-4H3;4-7H,1H2,2-3H3;4-5H,1,6-8H2,2-3H3;1-2H3. The summed E-state index contributed by atoms with van der Waals surface area (Å²) >= 11 is 0. The molecule has 0 heteroatoms. The topological polar surface area (TPSA) is 0 Å². The Morgan fingerprint density at radius 3 is 1.79 bits per heavy atom. The highest BCUT2D eigenvalue weighted by Crippen LogP contribution is 2.50. The molecule has 1 unspecified atom stereocenters. The van der Waals surface area contributed by atoms with Gasteiger partial charge in [0.1, 0.15) is 0 Å². The monoisotopic (exact) mass is 883 g/mol. The third-order valence-electron chi connectivity index (χ3n) is 13.7. The maximum Gasteiger partial charge on any atom is 0.0158 e. The summed E-state index contributed by atoms with van der Waals surface area (Å²) < 4.78 is 0. The zero-order chi connectivity index (χ0) is 48.7. The van der Waals surface area contributed by atoms with Crippen LogP contribution in [0.5, 0.6) is 0 Å². The lowest BCUT2D eigenvalue weighted by atomic mass is 9.74. The number of aryl methyl sites for hydroxylation is 3. The molecule has 346 valence electrons. The summed E-state index contributed by atoms with van der Waals surface area (Å²) in [5.74, 6) is 0. The zero-order valence-corrected chi connectivity index (χ0v) is 43.0. The summed E-state index contributed by atoms with van der Waals surface area (Å²) in [7, 11) is 0. The van der Waals surface area contributed by atoms with Crippen LogP contribution >= 0.6 is 0 Å². The molecule has 0 heterocycles. The van der Waals surface area contributed by atoms with Gasteiger partial charge in [-0.05, 0) is 163 Å². The molecule has 0 N–H and O–H groups in total. The molecular formula is C67H78. The van der Waals surface area contributed by atoms with Crippen LogP contribution in [-0.4, -0.2) is 0 Å². The third kappa shape index (κ3) is 13.0. The fraction of sp³-hybridized carbons (Fsp3) is 0.284. The quantitative estimate of drug-likeness (QED) is 0.140. The molecule has 0 fully saturated rings. The molecule has 67 heavy (non-hydrogen) atoms. The fourth-order valence-electron chi connectivity index (χ4n) is 9.34. The Morgan fingerprint density at radius 2 is 1.21 bits per heavy atom. The first kappa shape index (κ1) is 51.7. The number of fused-ring (bicyclic) bond motifs is 3. The van der Waals surface area contributed by atoms with Gasteiger partial charge in [0.05, 0.1) is 0 Å². The van der Waals surface area contributed by atoms with E-state index < -0.39 is 0 Å². The zero-order valence-electron chi connectivity index (χ0n) is 43.0. The molecule has 0 amide bonds. The Bertz CT molecular complexity index is 2740. The molecule has 0 nitrogen and oxygen atoms in total. The van der Waals surface area contributed by atoms with E-state index in [0.29, 0.717) is 5.41 Å². The molecule has 0 spiro atoms. The summed E-state index contributed by atoms with van der Waals surface area (Å²) in [4.78, 5) is 0. The van der Waals surface area contributed by atoms with E-state index in [2.05, 4.69) is 239 Å². The second kappa shape index (κ2) is 24.0. The molecule has 9 rings (SSSR count). The molecule has 0 bridgehead atoms. The molecule has 6 aromatic carbocycles. The van der Waals surface area contributed by atoms with Gasteiger partial charge in [0, 0.05) is 5.41 Å². The van der Waals surface area contributed by atoms with Crippen molar-refractivity contribution in [2.75, 3.05) is 0 Å². The van der Waals surface area contributed by atoms with Crippen LogP contribution in [0.4, 0.5) is 0 Å². The third-order valence-corrected chi connectivity index (χ3v) is 13.7. The van der Waals surface area contributed by atoms with Crippen molar-refractivity contribution in [3.63, 3.8) is 0 Å². The molecular weight excluding hydrogens is 805 g/mol. The molecule has 1 atom stereocenters. The highest BCUT2D eigenvalue weighted by Gasteiger charge is 2.36. The predicted octanol–water partition coefficient (Wildman–Crippen LogP) is 19.7. The lowest BCUT2D eigenvalue weighted by Gasteiger charge is -2.31. The van der Waals surface area contributed by atoms with Gasteiger partial charge in [-0.25, -0.2) is 0 Å². The van der Waals surface area contributed by atoms with Crippen LogP contribution in [0.15, 0.2) is 189 Å². The largest absolute Gasteiger partial charge is 0.0996 e. The maximum absolute atomic E-state index is 4.08. The minimum absolute atomic E-state index is 0.0750. The van der Waals surface area contributed by atoms with Crippen LogP contribution in [-0.2, 0) is 11.8 Å². The second-order valence-electron chi connectivity index (χ2n) is 19.3. The summed E-state index contributed by atoms with van der Waals surface area (Å²) in [5.41, 5.74) is 24.3. The Kier molecular flexibility index (Phi) is 18.5. The van der Waals surface area contributed by atoms with Crippen molar-refractivity contribution in [1.82, 2.24) is 0 Å². The maximum atomic E-state index is 4.08. The first-order valence-corrected chi connectivity index (χ1v) is 24.6. The Morgan fingerprint density at radius 1 is 0.567 bits per heavy atom. The Hall–Kier alpha value is -6.24. The van der Waals surface area contributed by atoms with Crippen molar-refractivity contribution in [3.05, 3.63) is 245 Å². The summed E-state index contributed by atoms with van der Waals surface area (Å²) in [5, 5.41) is 0. The van der Waals surface area contributed by atoms with Gasteiger partial charge in [0.25, 0.3) is 0 Å². The van der Waals surface area contributed by atoms with Crippen molar-refractivity contribution in [2.45, 2.75) is 120 Å². The van der Waals surface area contributed by atoms with E-state index in [0.717, 1.165) is 24.0 Å². The van der Waals surface area contributed by atoms with Gasteiger partial charge >= 0.3 is 0 Å². The minimum atomic E-state index is 0.0750. The highest BCUT2D eigenvalue weighted by molar-refractivity contribution is 5.84. The molecule has 6 aromatic rings. The number of hydrogen-bond acceptors (Lipinski definition) is 0. The van der Waals surface area contributed by atoms with Crippen LogP contribution in [0, 0.1) is 26.2 Å².